The van der Waals surface area contributed by atoms with E-state index in [0.29, 0.717) is 43.1 Å². The van der Waals surface area contributed by atoms with Gasteiger partial charge in [-0.15, -0.1) is 10.2 Å². The number of morpholine rings is 1. The van der Waals surface area contributed by atoms with Gasteiger partial charge >= 0.3 is 6.03 Å². The highest BCUT2D eigenvalue weighted by Crippen LogP contribution is 2.26. The second-order valence-corrected chi connectivity index (χ2v) is 5.94. The minimum Gasteiger partial charge on any atom is -0.481 e. The van der Waals surface area contributed by atoms with Crippen LogP contribution in [0.5, 0.6) is 5.88 Å². The van der Waals surface area contributed by atoms with Gasteiger partial charge in [-0.05, 0) is 6.07 Å². The minimum atomic E-state index is -0.417. The molecule has 1 atom stereocenters. The molecule has 3 rings (SSSR count). The summed E-state index contributed by atoms with van der Waals surface area (Å²) in [4.78, 5) is 18.4. The third-order valence-corrected chi connectivity index (χ3v) is 3.82. The largest absolute Gasteiger partial charge is 0.481 e. The third kappa shape index (κ3) is 3.87. The molecule has 0 aliphatic carbocycles. The van der Waals surface area contributed by atoms with Gasteiger partial charge in [0.1, 0.15) is 6.04 Å². The highest BCUT2D eigenvalue weighted by Gasteiger charge is 2.33. The molecule has 2 aromatic rings. The van der Waals surface area contributed by atoms with E-state index >= 15 is 0 Å². The van der Waals surface area contributed by atoms with E-state index in [1.165, 1.54) is 13.3 Å². The Balaban J connectivity index is 1.73. The van der Waals surface area contributed by atoms with Gasteiger partial charge in [0.15, 0.2) is 0 Å². The lowest BCUT2D eigenvalue weighted by Gasteiger charge is -2.33. The van der Waals surface area contributed by atoms with Crippen molar-refractivity contribution < 1.29 is 18.7 Å². The van der Waals surface area contributed by atoms with Crippen LogP contribution in [-0.4, -0.2) is 53.0 Å². The van der Waals surface area contributed by atoms with Crippen LogP contribution in [0.4, 0.5) is 10.5 Å². The van der Waals surface area contributed by atoms with Crippen LogP contribution in [0.3, 0.4) is 0 Å². The first-order valence-electron chi connectivity index (χ1n) is 8.07. The van der Waals surface area contributed by atoms with Crippen LogP contribution < -0.4 is 10.1 Å². The number of nitrogens with one attached hydrogen (secondary N) is 1. The number of amides is 2. The number of urea groups is 1. The molecule has 0 aromatic carbocycles. The molecule has 0 spiro atoms. The SMILES string of the molecule is COc1ccc(NC(=O)N2CCOCC2c2nnc(C(C)C)o2)cn1. The van der Waals surface area contributed by atoms with Crippen LogP contribution in [-0.2, 0) is 4.74 Å². The molecule has 2 aromatic heterocycles. The fourth-order valence-corrected chi connectivity index (χ4v) is 2.44. The number of pyridine rings is 1. The summed E-state index contributed by atoms with van der Waals surface area (Å²) in [6, 6.07) is 2.71. The Morgan fingerprint density at radius 1 is 1.40 bits per heavy atom. The van der Waals surface area contributed by atoms with Crippen molar-refractivity contribution in [3.05, 3.63) is 30.1 Å². The van der Waals surface area contributed by atoms with Gasteiger partial charge in [0.25, 0.3) is 0 Å². The highest BCUT2D eigenvalue weighted by atomic mass is 16.5. The summed E-state index contributed by atoms with van der Waals surface area (Å²) in [5.74, 6) is 1.53. The maximum absolute atomic E-state index is 12.7. The van der Waals surface area contributed by atoms with Gasteiger partial charge in [0, 0.05) is 18.5 Å². The lowest BCUT2D eigenvalue weighted by atomic mass is 10.2. The smallest absolute Gasteiger partial charge is 0.322 e. The summed E-state index contributed by atoms with van der Waals surface area (Å²) >= 11 is 0. The van der Waals surface area contributed by atoms with Gasteiger partial charge in [-0.3, -0.25) is 0 Å². The number of carbonyl (C=O) groups is 1. The molecule has 3 heterocycles. The first-order chi connectivity index (χ1) is 12.1. The van der Waals surface area contributed by atoms with Gasteiger partial charge in [-0.2, -0.15) is 0 Å². The lowest BCUT2D eigenvalue weighted by molar-refractivity contribution is 0.00494. The van der Waals surface area contributed by atoms with Crippen molar-refractivity contribution in [3.63, 3.8) is 0 Å². The molecule has 25 heavy (non-hydrogen) atoms. The van der Waals surface area contributed by atoms with E-state index in [1.54, 1.807) is 17.0 Å². The van der Waals surface area contributed by atoms with E-state index in [9.17, 15) is 4.79 Å². The third-order valence-electron chi connectivity index (χ3n) is 3.82. The number of hydrogen-bond donors (Lipinski definition) is 1. The van der Waals surface area contributed by atoms with Crippen LogP contribution in [0.15, 0.2) is 22.7 Å². The topological polar surface area (TPSA) is 103 Å². The molecule has 1 saturated heterocycles. The average Bonchev–Trinajstić information content (AvgIpc) is 3.12. The zero-order valence-corrected chi connectivity index (χ0v) is 14.4. The zero-order chi connectivity index (χ0) is 17.8. The summed E-state index contributed by atoms with van der Waals surface area (Å²) < 4.78 is 16.2. The normalized spacial score (nSPS) is 17.6. The van der Waals surface area contributed by atoms with E-state index in [0.717, 1.165) is 0 Å². The van der Waals surface area contributed by atoms with Gasteiger partial charge < -0.3 is 24.1 Å². The summed E-state index contributed by atoms with van der Waals surface area (Å²) in [5.41, 5.74) is 0.574. The molecule has 0 bridgehead atoms. The van der Waals surface area contributed by atoms with Crippen LogP contribution in [0, 0.1) is 0 Å². The number of carbonyl (C=O) groups excluding carboxylic acids is 1. The van der Waals surface area contributed by atoms with Crippen LogP contribution >= 0.6 is 0 Å². The molecule has 1 unspecified atom stereocenters. The highest BCUT2D eigenvalue weighted by molar-refractivity contribution is 5.89. The Bertz CT molecular complexity index is 716. The molecule has 134 valence electrons. The second-order valence-electron chi connectivity index (χ2n) is 5.94. The van der Waals surface area contributed by atoms with Crippen molar-refractivity contribution in [1.29, 1.82) is 0 Å². The quantitative estimate of drug-likeness (QED) is 0.904. The van der Waals surface area contributed by atoms with E-state index < -0.39 is 6.04 Å². The van der Waals surface area contributed by atoms with Crippen LogP contribution in [0.25, 0.3) is 0 Å². The Labute approximate surface area is 145 Å². The Kier molecular flexibility index (Phi) is 5.13. The van der Waals surface area contributed by atoms with E-state index in [1.807, 2.05) is 13.8 Å². The standard InChI is InChI=1S/C16H21N5O4/c1-10(2)14-19-20-15(25-14)12-9-24-7-6-21(12)16(22)18-11-4-5-13(23-3)17-8-11/h4-5,8,10,12H,6-7,9H2,1-3H3,(H,18,22). The molecule has 0 saturated carbocycles. The molecule has 2 amide bonds. The molecule has 9 nitrogen and oxygen atoms in total. The number of rotatable bonds is 4. The molecule has 9 heteroatoms. The van der Waals surface area contributed by atoms with Gasteiger partial charge in [0.05, 0.1) is 32.2 Å². The minimum absolute atomic E-state index is 0.124. The van der Waals surface area contributed by atoms with Gasteiger partial charge in [-0.1, -0.05) is 13.8 Å². The maximum Gasteiger partial charge on any atom is 0.322 e. The number of ether oxygens (including phenoxy) is 2. The lowest BCUT2D eigenvalue weighted by Crippen LogP contribution is -2.45. The summed E-state index contributed by atoms with van der Waals surface area (Å²) in [6.07, 6.45) is 1.54. The van der Waals surface area contributed by atoms with Crippen molar-refractivity contribution in [1.82, 2.24) is 20.1 Å². The Morgan fingerprint density at radius 3 is 2.88 bits per heavy atom. The van der Waals surface area contributed by atoms with Crippen molar-refractivity contribution in [2.45, 2.75) is 25.8 Å². The summed E-state index contributed by atoms with van der Waals surface area (Å²) in [5, 5.41) is 10.9. The predicted octanol–water partition coefficient (Wildman–Crippen LogP) is 2.20. The van der Waals surface area contributed by atoms with Crippen LogP contribution in [0.1, 0.15) is 37.6 Å². The fraction of sp³-hybridized carbons (Fsp3) is 0.500. The molecule has 1 N–H and O–H groups in total. The first kappa shape index (κ1) is 17.2. The first-order valence-corrected chi connectivity index (χ1v) is 8.07. The number of anilines is 1. The second kappa shape index (κ2) is 7.47. The molecule has 1 fully saturated rings. The molecule has 0 radical (unpaired) electrons. The Hall–Kier alpha value is -2.68. The molecular formula is C16H21N5O4. The van der Waals surface area contributed by atoms with Crippen molar-refractivity contribution in [2.75, 3.05) is 32.2 Å². The van der Waals surface area contributed by atoms with Crippen molar-refractivity contribution in [3.8, 4) is 5.88 Å². The summed E-state index contributed by atoms with van der Waals surface area (Å²) in [7, 11) is 1.54. The van der Waals surface area contributed by atoms with Gasteiger partial charge in [-0.25, -0.2) is 9.78 Å². The maximum atomic E-state index is 12.7. The average molecular weight is 347 g/mol. The monoisotopic (exact) mass is 347 g/mol. The Morgan fingerprint density at radius 2 is 2.24 bits per heavy atom. The van der Waals surface area contributed by atoms with Crippen LogP contribution in [0.2, 0.25) is 0 Å². The van der Waals surface area contributed by atoms with Crippen molar-refractivity contribution in [2.24, 2.45) is 0 Å². The van der Waals surface area contributed by atoms with E-state index in [4.69, 9.17) is 13.9 Å². The molecular weight excluding hydrogens is 326 g/mol. The summed E-state index contributed by atoms with van der Waals surface area (Å²) in [6.45, 7) is 5.13. The number of hydrogen-bond acceptors (Lipinski definition) is 7. The zero-order valence-electron chi connectivity index (χ0n) is 14.4. The van der Waals surface area contributed by atoms with Gasteiger partial charge in [0.2, 0.25) is 17.7 Å². The molecule has 1 aliphatic rings. The van der Waals surface area contributed by atoms with Crippen molar-refractivity contribution >= 4 is 11.7 Å². The number of nitrogens with zero attached hydrogens (tertiary/aromatic N) is 4. The van der Waals surface area contributed by atoms with E-state index in [-0.39, 0.29) is 11.9 Å². The predicted molar refractivity (Wildman–Crippen MR) is 88.5 cm³/mol. The molecule has 1 aliphatic heterocycles. The fourth-order valence-electron chi connectivity index (χ4n) is 2.44. The number of methoxy groups -OCH3 is 1. The number of aromatic nitrogens is 3. The van der Waals surface area contributed by atoms with E-state index in [2.05, 4.69) is 20.5 Å².